The molecule has 0 bridgehead atoms. The van der Waals surface area contributed by atoms with Crippen LogP contribution in [0.15, 0.2) is 18.2 Å². The fraction of sp³-hybridized carbons (Fsp3) is 0.562. The molecule has 2 atom stereocenters. The van der Waals surface area contributed by atoms with Gasteiger partial charge in [-0.05, 0) is 32.0 Å². The Morgan fingerprint density at radius 3 is 2.95 bits per heavy atom. The summed E-state index contributed by atoms with van der Waals surface area (Å²) >= 11 is 0. The summed E-state index contributed by atoms with van der Waals surface area (Å²) in [6.45, 7) is 4.17. The van der Waals surface area contributed by atoms with Crippen LogP contribution in [-0.4, -0.2) is 43.5 Å². The maximum Gasteiger partial charge on any atom is 0.223 e. The third-order valence-corrected chi connectivity index (χ3v) is 4.73. The van der Waals surface area contributed by atoms with E-state index in [4.69, 9.17) is 0 Å². The first-order chi connectivity index (χ1) is 10.1. The molecular formula is C16H22FN3O. The zero-order valence-corrected chi connectivity index (χ0v) is 12.6. The number of hydrogen-bond donors (Lipinski definition) is 1. The Labute approximate surface area is 124 Å². The Hall–Kier alpha value is -1.62. The van der Waals surface area contributed by atoms with E-state index in [-0.39, 0.29) is 23.8 Å². The van der Waals surface area contributed by atoms with Crippen LogP contribution in [-0.2, 0) is 4.79 Å². The van der Waals surface area contributed by atoms with Crippen molar-refractivity contribution in [2.45, 2.75) is 31.8 Å². The lowest BCUT2D eigenvalue weighted by atomic mass is 10.0. The number of halogens is 1. The monoisotopic (exact) mass is 291 g/mol. The smallest absolute Gasteiger partial charge is 0.223 e. The van der Waals surface area contributed by atoms with Gasteiger partial charge in [-0.15, -0.1) is 0 Å². The summed E-state index contributed by atoms with van der Waals surface area (Å²) < 4.78 is 14.4. The van der Waals surface area contributed by atoms with Crippen molar-refractivity contribution < 1.29 is 9.18 Å². The Morgan fingerprint density at radius 2 is 2.19 bits per heavy atom. The molecule has 2 heterocycles. The highest BCUT2D eigenvalue weighted by Crippen LogP contribution is 2.33. The van der Waals surface area contributed by atoms with Crippen LogP contribution >= 0.6 is 0 Å². The number of fused-ring (bicyclic) bond motifs is 1. The Balaban J connectivity index is 1.89. The molecule has 1 amide bonds. The molecule has 1 aromatic carbocycles. The number of rotatable bonds is 3. The van der Waals surface area contributed by atoms with Gasteiger partial charge in [0.2, 0.25) is 5.91 Å². The van der Waals surface area contributed by atoms with Gasteiger partial charge in [0, 0.05) is 38.1 Å². The van der Waals surface area contributed by atoms with Gasteiger partial charge in [-0.2, -0.15) is 0 Å². The second-order valence-corrected chi connectivity index (χ2v) is 5.91. The molecule has 1 N–H and O–H groups in total. The number of anilines is 1. The van der Waals surface area contributed by atoms with Gasteiger partial charge in [0.25, 0.3) is 0 Å². The van der Waals surface area contributed by atoms with Gasteiger partial charge in [0.15, 0.2) is 0 Å². The molecule has 0 spiro atoms. The SMILES string of the molecule is CNC(C)c1cccc(F)c1N1CCN2C(=O)CCC2C1. The van der Waals surface area contributed by atoms with Crippen LogP contribution in [0.1, 0.15) is 31.4 Å². The van der Waals surface area contributed by atoms with Crippen LogP contribution < -0.4 is 10.2 Å². The average molecular weight is 291 g/mol. The standard InChI is InChI=1S/C16H22FN3O/c1-11(18-2)13-4-3-5-14(17)16(13)19-8-9-20-12(10-19)6-7-15(20)21/h3-5,11-12,18H,6-10H2,1-2H3. The molecule has 2 unspecified atom stereocenters. The highest BCUT2D eigenvalue weighted by Gasteiger charge is 2.36. The van der Waals surface area contributed by atoms with Gasteiger partial charge in [0.1, 0.15) is 5.82 Å². The van der Waals surface area contributed by atoms with Crippen LogP contribution in [0.4, 0.5) is 10.1 Å². The first kappa shape index (κ1) is 14.3. The number of piperazine rings is 1. The number of carbonyl (C=O) groups is 1. The van der Waals surface area contributed by atoms with E-state index in [2.05, 4.69) is 10.2 Å². The lowest BCUT2D eigenvalue weighted by Crippen LogP contribution is -2.52. The molecule has 4 nitrogen and oxygen atoms in total. The third-order valence-electron chi connectivity index (χ3n) is 4.73. The molecule has 3 rings (SSSR count). The second-order valence-electron chi connectivity index (χ2n) is 5.91. The molecule has 0 aliphatic carbocycles. The van der Waals surface area contributed by atoms with Gasteiger partial charge in [-0.25, -0.2) is 4.39 Å². The van der Waals surface area contributed by atoms with Gasteiger partial charge in [-0.1, -0.05) is 12.1 Å². The van der Waals surface area contributed by atoms with E-state index in [1.807, 2.05) is 24.9 Å². The molecule has 0 aromatic heterocycles. The fourth-order valence-electron chi connectivity index (χ4n) is 3.44. The van der Waals surface area contributed by atoms with Crippen LogP contribution in [0.25, 0.3) is 0 Å². The Morgan fingerprint density at radius 1 is 1.38 bits per heavy atom. The first-order valence-electron chi connectivity index (χ1n) is 7.62. The zero-order valence-electron chi connectivity index (χ0n) is 12.6. The number of nitrogens with one attached hydrogen (secondary N) is 1. The minimum absolute atomic E-state index is 0.0962. The number of carbonyl (C=O) groups excluding carboxylic acids is 1. The van der Waals surface area contributed by atoms with Gasteiger partial charge >= 0.3 is 0 Å². The van der Waals surface area contributed by atoms with Crippen molar-refractivity contribution >= 4 is 11.6 Å². The summed E-state index contributed by atoms with van der Waals surface area (Å²) in [6.07, 6.45) is 1.52. The topological polar surface area (TPSA) is 35.6 Å². The molecule has 1 aromatic rings. The van der Waals surface area contributed by atoms with Crippen molar-refractivity contribution in [1.29, 1.82) is 0 Å². The molecule has 21 heavy (non-hydrogen) atoms. The number of para-hydroxylation sites is 1. The minimum Gasteiger partial charge on any atom is -0.365 e. The van der Waals surface area contributed by atoms with E-state index in [0.717, 1.165) is 18.5 Å². The van der Waals surface area contributed by atoms with Gasteiger partial charge < -0.3 is 15.1 Å². The average Bonchev–Trinajstić information content (AvgIpc) is 2.87. The summed E-state index contributed by atoms with van der Waals surface area (Å²) in [5.41, 5.74) is 1.67. The summed E-state index contributed by atoms with van der Waals surface area (Å²) in [4.78, 5) is 15.8. The van der Waals surface area contributed by atoms with E-state index in [1.165, 1.54) is 6.07 Å². The zero-order chi connectivity index (χ0) is 15.0. The van der Waals surface area contributed by atoms with Crippen LogP contribution in [0, 0.1) is 5.82 Å². The third kappa shape index (κ3) is 2.50. The number of benzene rings is 1. The molecule has 2 fully saturated rings. The van der Waals surface area contributed by atoms with Gasteiger partial charge in [0.05, 0.1) is 5.69 Å². The molecular weight excluding hydrogens is 269 g/mol. The van der Waals surface area contributed by atoms with Crippen molar-refractivity contribution in [2.24, 2.45) is 0 Å². The highest BCUT2D eigenvalue weighted by atomic mass is 19.1. The van der Waals surface area contributed by atoms with Gasteiger partial charge in [-0.3, -0.25) is 4.79 Å². The van der Waals surface area contributed by atoms with E-state index >= 15 is 0 Å². The first-order valence-corrected chi connectivity index (χ1v) is 7.62. The molecule has 2 aliphatic rings. The van der Waals surface area contributed by atoms with Crippen molar-refractivity contribution in [3.63, 3.8) is 0 Å². The van der Waals surface area contributed by atoms with Crippen LogP contribution in [0.5, 0.6) is 0 Å². The molecule has 0 saturated carbocycles. The number of nitrogens with zero attached hydrogens (tertiary/aromatic N) is 2. The van der Waals surface area contributed by atoms with Crippen molar-refractivity contribution in [3.8, 4) is 0 Å². The lowest BCUT2D eigenvalue weighted by Gasteiger charge is -2.40. The van der Waals surface area contributed by atoms with E-state index in [1.54, 1.807) is 6.07 Å². The Bertz CT molecular complexity index is 548. The van der Waals surface area contributed by atoms with Crippen molar-refractivity contribution in [3.05, 3.63) is 29.6 Å². The summed E-state index contributed by atoms with van der Waals surface area (Å²) in [7, 11) is 1.88. The number of amides is 1. The van der Waals surface area contributed by atoms with Crippen LogP contribution in [0.2, 0.25) is 0 Å². The second kappa shape index (κ2) is 5.64. The highest BCUT2D eigenvalue weighted by molar-refractivity contribution is 5.79. The molecule has 2 aliphatic heterocycles. The maximum atomic E-state index is 14.4. The molecule has 0 radical (unpaired) electrons. The van der Waals surface area contributed by atoms with E-state index < -0.39 is 0 Å². The fourth-order valence-corrected chi connectivity index (χ4v) is 3.44. The normalized spacial score (nSPS) is 23.4. The van der Waals surface area contributed by atoms with Crippen molar-refractivity contribution in [1.82, 2.24) is 10.2 Å². The van der Waals surface area contributed by atoms with Crippen LogP contribution in [0.3, 0.4) is 0 Å². The van der Waals surface area contributed by atoms with E-state index in [9.17, 15) is 9.18 Å². The molecule has 2 saturated heterocycles. The predicted molar refractivity (Wildman–Crippen MR) is 80.8 cm³/mol. The predicted octanol–water partition coefficient (Wildman–Crippen LogP) is 1.92. The number of hydrogen-bond acceptors (Lipinski definition) is 3. The summed E-state index contributed by atoms with van der Waals surface area (Å²) in [5, 5.41) is 3.18. The quantitative estimate of drug-likeness (QED) is 0.924. The summed E-state index contributed by atoms with van der Waals surface area (Å²) in [6, 6.07) is 5.60. The minimum atomic E-state index is -0.174. The summed E-state index contributed by atoms with van der Waals surface area (Å²) in [5.74, 6) is 0.0735. The lowest BCUT2D eigenvalue weighted by molar-refractivity contribution is -0.129. The largest absolute Gasteiger partial charge is 0.365 e. The van der Waals surface area contributed by atoms with Crippen molar-refractivity contribution in [2.75, 3.05) is 31.6 Å². The maximum absolute atomic E-state index is 14.4. The molecule has 114 valence electrons. The van der Waals surface area contributed by atoms with E-state index in [0.29, 0.717) is 25.2 Å². The molecule has 5 heteroatoms. The Kier molecular flexibility index (Phi) is 3.85.